The normalized spacial score (nSPS) is 16.4. The number of furan rings is 2. The third kappa shape index (κ3) is 2.53. The maximum Gasteiger partial charge on any atom is 0.142 e. The molecule has 0 saturated heterocycles. The van der Waals surface area contributed by atoms with Crippen LogP contribution in [0.5, 0.6) is 0 Å². The Morgan fingerprint density at radius 1 is 0.594 bits per heavy atom. The van der Waals surface area contributed by atoms with Gasteiger partial charge in [-0.25, -0.2) is 0 Å². The summed E-state index contributed by atoms with van der Waals surface area (Å²) in [5, 5.41) is 4.69. The fourth-order valence-corrected chi connectivity index (χ4v) is 5.15. The number of fused-ring (bicyclic) bond motifs is 6. The molecular formula is C30H20O2. The molecule has 0 amide bonds. The van der Waals surface area contributed by atoms with Crippen molar-refractivity contribution < 1.29 is 8.83 Å². The summed E-state index contributed by atoms with van der Waals surface area (Å²) in [5.41, 5.74) is 7.53. The molecule has 0 saturated carbocycles. The van der Waals surface area contributed by atoms with E-state index in [2.05, 4.69) is 78.9 Å². The lowest BCUT2D eigenvalue weighted by Gasteiger charge is -2.19. The first kappa shape index (κ1) is 17.6. The fourth-order valence-electron chi connectivity index (χ4n) is 5.15. The van der Waals surface area contributed by atoms with Crippen molar-refractivity contribution >= 4 is 49.5 Å². The van der Waals surface area contributed by atoms with Crippen molar-refractivity contribution in [3.63, 3.8) is 0 Å². The van der Waals surface area contributed by atoms with Gasteiger partial charge in [-0.3, -0.25) is 0 Å². The Labute approximate surface area is 185 Å². The molecule has 0 radical (unpaired) electrons. The van der Waals surface area contributed by atoms with Crippen molar-refractivity contribution in [3.05, 3.63) is 114 Å². The van der Waals surface area contributed by atoms with E-state index in [1.807, 2.05) is 24.3 Å². The monoisotopic (exact) mass is 412 g/mol. The number of allylic oxidation sites excluding steroid dienone is 4. The zero-order valence-corrected chi connectivity index (χ0v) is 17.4. The molecule has 2 aromatic heterocycles. The Bertz CT molecular complexity index is 1710. The molecule has 1 unspecified atom stereocenters. The Balaban J connectivity index is 1.35. The highest BCUT2D eigenvalue weighted by Crippen LogP contribution is 2.42. The average Bonchev–Trinajstić information content (AvgIpc) is 3.42. The standard InChI is InChI=1S/C30H20O2/c1-3-16-27-23(10-1)25-14-6-12-21(29(25)31-27)19-8-5-9-20(18-19)22-13-7-15-26-24-11-2-4-17-28(24)32-30(22)26/h1-17,19H,18H2. The Hall–Kier alpha value is -4.04. The molecule has 32 heavy (non-hydrogen) atoms. The Morgan fingerprint density at radius 3 is 2.00 bits per heavy atom. The predicted octanol–water partition coefficient (Wildman–Crippen LogP) is 8.61. The van der Waals surface area contributed by atoms with E-state index in [0.29, 0.717) is 0 Å². The minimum atomic E-state index is 0.249. The maximum absolute atomic E-state index is 6.32. The zero-order valence-electron chi connectivity index (χ0n) is 17.4. The van der Waals surface area contributed by atoms with Crippen LogP contribution in [0.2, 0.25) is 0 Å². The van der Waals surface area contributed by atoms with E-state index in [1.54, 1.807) is 0 Å². The largest absolute Gasteiger partial charge is 0.456 e. The van der Waals surface area contributed by atoms with E-state index in [4.69, 9.17) is 8.83 Å². The molecule has 1 atom stereocenters. The number of benzene rings is 4. The van der Waals surface area contributed by atoms with Gasteiger partial charge in [0.1, 0.15) is 22.3 Å². The summed E-state index contributed by atoms with van der Waals surface area (Å²) in [5.74, 6) is 0.249. The molecule has 1 aliphatic rings. The molecule has 4 aromatic carbocycles. The summed E-state index contributed by atoms with van der Waals surface area (Å²) in [6, 6.07) is 29.5. The summed E-state index contributed by atoms with van der Waals surface area (Å²) in [4.78, 5) is 0. The first-order chi connectivity index (χ1) is 15.9. The van der Waals surface area contributed by atoms with Gasteiger partial charge in [-0.15, -0.1) is 0 Å². The Kier molecular flexibility index (Phi) is 3.71. The molecule has 0 bridgehead atoms. The SMILES string of the molecule is C1=CC(c2cccc3c2oc2ccccc23)CC(c2cccc3c2oc2ccccc23)=C1. The van der Waals surface area contributed by atoms with Crippen molar-refractivity contribution in [3.8, 4) is 0 Å². The average molecular weight is 412 g/mol. The second-order valence-corrected chi connectivity index (χ2v) is 8.49. The highest BCUT2D eigenvalue weighted by molar-refractivity contribution is 6.08. The van der Waals surface area contributed by atoms with Crippen LogP contribution in [0.4, 0.5) is 0 Å². The molecule has 0 fully saturated rings. The van der Waals surface area contributed by atoms with E-state index >= 15 is 0 Å². The molecule has 1 aliphatic carbocycles. The van der Waals surface area contributed by atoms with Gasteiger partial charge in [0.2, 0.25) is 0 Å². The van der Waals surface area contributed by atoms with Crippen molar-refractivity contribution in [2.45, 2.75) is 12.3 Å². The van der Waals surface area contributed by atoms with Crippen molar-refractivity contribution in [1.29, 1.82) is 0 Å². The number of rotatable bonds is 2. The highest BCUT2D eigenvalue weighted by atomic mass is 16.3. The van der Waals surface area contributed by atoms with E-state index in [-0.39, 0.29) is 5.92 Å². The second kappa shape index (κ2) is 6.73. The van der Waals surface area contributed by atoms with E-state index in [0.717, 1.165) is 28.8 Å². The number of hydrogen-bond acceptors (Lipinski definition) is 2. The van der Waals surface area contributed by atoms with Gasteiger partial charge in [0.15, 0.2) is 0 Å². The van der Waals surface area contributed by atoms with Crippen LogP contribution in [0.1, 0.15) is 23.5 Å². The first-order valence-corrected chi connectivity index (χ1v) is 11.0. The Morgan fingerprint density at radius 2 is 1.22 bits per heavy atom. The zero-order chi connectivity index (χ0) is 21.1. The van der Waals surface area contributed by atoms with E-state index in [9.17, 15) is 0 Å². The maximum atomic E-state index is 6.32. The smallest absolute Gasteiger partial charge is 0.142 e. The summed E-state index contributed by atoms with van der Waals surface area (Å²) >= 11 is 0. The molecule has 0 aliphatic heterocycles. The molecule has 2 heteroatoms. The van der Waals surface area contributed by atoms with Gasteiger partial charge in [0.05, 0.1) is 0 Å². The molecule has 2 nitrogen and oxygen atoms in total. The summed E-state index contributed by atoms with van der Waals surface area (Å²) in [6.07, 6.45) is 7.58. The summed E-state index contributed by atoms with van der Waals surface area (Å²) in [7, 11) is 0. The summed E-state index contributed by atoms with van der Waals surface area (Å²) < 4.78 is 12.6. The molecule has 7 rings (SSSR count). The molecule has 0 spiro atoms. The number of hydrogen-bond donors (Lipinski definition) is 0. The lowest BCUT2D eigenvalue weighted by atomic mass is 9.84. The van der Waals surface area contributed by atoms with Crippen molar-refractivity contribution in [2.24, 2.45) is 0 Å². The third-order valence-electron chi connectivity index (χ3n) is 6.67. The van der Waals surface area contributed by atoms with Crippen LogP contribution in [-0.2, 0) is 0 Å². The van der Waals surface area contributed by atoms with Crippen molar-refractivity contribution in [1.82, 2.24) is 0 Å². The quantitative estimate of drug-likeness (QED) is 0.284. The van der Waals surface area contributed by atoms with Gasteiger partial charge in [-0.2, -0.15) is 0 Å². The lowest BCUT2D eigenvalue weighted by Crippen LogP contribution is -2.01. The molecule has 0 N–H and O–H groups in total. The van der Waals surface area contributed by atoms with Crippen LogP contribution in [-0.4, -0.2) is 0 Å². The van der Waals surface area contributed by atoms with E-state index < -0.39 is 0 Å². The minimum absolute atomic E-state index is 0.249. The van der Waals surface area contributed by atoms with E-state index in [1.165, 1.54) is 38.2 Å². The van der Waals surface area contributed by atoms with Crippen LogP contribution in [0.15, 0.2) is 112 Å². The predicted molar refractivity (Wildman–Crippen MR) is 132 cm³/mol. The number of para-hydroxylation sites is 4. The van der Waals surface area contributed by atoms with Crippen LogP contribution in [0.25, 0.3) is 49.5 Å². The molecule has 6 aromatic rings. The topological polar surface area (TPSA) is 26.3 Å². The molecular weight excluding hydrogens is 392 g/mol. The van der Waals surface area contributed by atoms with Gasteiger partial charge in [-0.1, -0.05) is 91.0 Å². The van der Waals surface area contributed by atoms with Gasteiger partial charge in [-0.05, 0) is 24.1 Å². The van der Waals surface area contributed by atoms with Gasteiger partial charge < -0.3 is 8.83 Å². The summed E-state index contributed by atoms with van der Waals surface area (Å²) in [6.45, 7) is 0. The van der Waals surface area contributed by atoms with Crippen LogP contribution in [0.3, 0.4) is 0 Å². The third-order valence-corrected chi connectivity index (χ3v) is 6.67. The van der Waals surface area contributed by atoms with Gasteiger partial charge >= 0.3 is 0 Å². The fraction of sp³-hybridized carbons (Fsp3) is 0.0667. The first-order valence-electron chi connectivity index (χ1n) is 11.0. The van der Waals surface area contributed by atoms with Gasteiger partial charge in [0.25, 0.3) is 0 Å². The van der Waals surface area contributed by atoms with Gasteiger partial charge in [0, 0.05) is 38.6 Å². The highest BCUT2D eigenvalue weighted by Gasteiger charge is 2.22. The second-order valence-electron chi connectivity index (χ2n) is 8.49. The van der Waals surface area contributed by atoms with Crippen LogP contribution < -0.4 is 0 Å². The van der Waals surface area contributed by atoms with Crippen LogP contribution in [0, 0.1) is 0 Å². The van der Waals surface area contributed by atoms with Crippen molar-refractivity contribution in [2.75, 3.05) is 0 Å². The molecule has 152 valence electrons. The lowest BCUT2D eigenvalue weighted by molar-refractivity contribution is 0.657. The molecule has 2 heterocycles. The minimum Gasteiger partial charge on any atom is -0.456 e. The van der Waals surface area contributed by atoms with Crippen LogP contribution >= 0.6 is 0 Å².